The second-order valence-electron chi connectivity index (χ2n) is 4.90. The summed E-state index contributed by atoms with van der Waals surface area (Å²) in [7, 11) is 0. The van der Waals surface area contributed by atoms with Crippen LogP contribution in [0.3, 0.4) is 0 Å². The molecule has 0 atom stereocenters. The summed E-state index contributed by atoms with van der Waals surface area (Å²) in [5.41, 5.74) is 2.09. The van der Waals surface area contributed by atoms with E-state index in [0.717, 1.165) is 5.56 Å². The molecule has 2 aromatic carbocycles. The van der Waals surface area contributed by atoms with Crippen molar-refractivity contribution in [1.82, 2.24) is 0 Å². The van der Waals surface area contributed by atoms with Crippen molar-refractivity contribution in [1.29, 1.82) is 5.26 Å². The van der Waals surface area contributed by atoms with Crippen molar-refractivity contribution < 1.29 is 9.53 Å². The first-order valence-electron chi connectivity index (χ1n) is 6.71. The number of nitrogens with zero attached hydrogens (tertiary/aromatic N) is 1. The van der Waals surface area contributed by atoms with Gasteiger partial charge in [0.15, 0.2) is 0 Å². The highest BCUT2D eigenvalue weighted by Crippen LogP contribution is 2.29. The number of hydrogen-bond acceptors (Lipinski definition) is 3. The Hall–Kier alpha value is -2.48. The van der Waals surface area contributed by atoms with Crippen molar-refractivity contribution in [3.63, 3.8) is 0 Å². The molecule has 0 saturated heterocycles. The third-order valence-electron chi connectivity index (χ3n) is 3.32. The summed E-state index contributed by atoms with van der Waals surface area (Å²) in [4.78, 5) is 12.3. The first-order chi connectivity index (χ1) is 11.1. The maximum absolute atomic E-state index is 12.3. The molecule has 1 N–H and O–H groups in total. The van der Waals surface area contributed by atoms with E-state index in [1.807, 2.05) is 6.07 Å². The zero-order valence-corrected chi connectivity index (χ0v) is 13.3. The Morgan fingerprint density at radius 1 is 1.22 bits per heavy atom. The summed E-state index contributed by atoms with van der Waals surface area (Å²) in [5.74, 6) is 0.392. The van der Waals surface area contributed by atoms with Crippen molar-refractivity contribution in [2.75, 3.05) is 11.9 Å². The molecular formula is C17H10Cl2N2O2. The molecule has 1 amide bonds. The van der Waals surface area contributed by atoms with E-state index in [1.165, 1.54) is 6.07 Å². The number of rotatable bonds is 2. The van der Waals surface area contributed by atoms with Crippen LogP contribution in [0.2, 0.25) is 10.0 Å². The molecular weight excluding hydrogens is 335 g/mol. The van der Waals surface area contributed by atoms with Gasteiger partial charge in [0.2, 0.25) is 0 Å². The third kappa shape index (κ3) is 3.31. The molecule has 0 radical (unpaired) electrons. The van der Waals surface area contributed by atoms with Crippen LogP contribution < -0.4 is 10.1 Å². The van der Waals surface area contributed by atoms with E-state index in [0.29, 0.717) is 27.6 Å². The van der Waals surface area contributed by atoms with Crippen molar-refractivity contribution in [3.05, 3.63) is 63.1 Å². The predicted molar refractivity (Wildman–Crippen MR) is 89.7 cm³/mol. The number of nitrogens with one attached hydrogen (secondary N) is 1. The number of ether oxygens (including phenoxy) is 1. The van der Waals surface area contributed by atoms with E-state index in [-0.39, 0.29) is 17.5 Å². The van der Waals surface area contributed by atoms with Gasteiger partial charge in [-0.3, -0.25) is 4.79 Å². The fourth-order valence-electron chi connectivity index (χ4n) is 2.17. The van der Waals surface area contributed by atoms with Crippen LogP contribution in [0.4, 0.5) is 5.69 Å². The fraction of sp³-hybridized carbons (Fsp3) is 0.0588. The molecule has 4 nitrogen and oxygen atoms in total. The van der Waals surface area contributed by atoms with Gasteiger partial charge in [-0.25, -0.2) is 0 Å². The molecule has 0 saturated carbocycles. The summed E-state index contributed by atoms with van der Waals surface area (Å²) in [6.07, 6.45) is 1.74. The molecule has 6 heteroatoms. The molecule has 1 aliphatic heterocycles. The van der Waals surface area contributed by atoms with Crippen LogP contribution >= 0.6 is 23.2 Å². The Morgan fingerprint density at radius 2 is 2.04 bits per heavy atom. The van der Waals surface area contributed by atoms with Crippen LogP contribution in [-0.4, -0.2) is 12.5 Å². The van der Waals surface area contributed by atoms with E-state index < -0.39 is 0 Å². The summed E-state index contributed by atoms with van der Waals surface area (Å²) < 4.78 is 5.55. The monoisotopic (exact) mass is 344 g/mol. The lowest BCUT2D eigenvalue weighted by Crippen LogP contribution is -2.21. The highest BCUT2D eigenvalue weighted by molar-refractivity contribution is 6.32. The van der Waals surface area contributed by atoms with Gasteiger partial charge in [0.1, 0.15) is 18.4 Å². The average molecular weight is 345 g/mol. The van der Waals surface area contributed by atoms with Crippen LogP contribution in [0.5, 0.6) is 5.75 Å². The van der Waals surface area contributed by atoms with E-state index >= 15 is 0 Å². The average Bonchev–Trinajstić information content (AvgIpc) is 2.54. The van der Waals surface area contributed by atoms with Gasteiger partial charge in [-0.15, -0.1) is 0 Å². The fourth-order valence-corrected chi connectivity index (χ4v) is 2.58. The molecule has 114 valence electrons. The van der Waals surface area contributed by atoms with Gasteiger partial charge >= 0.3 is 0 Å². The molecule has 0 fully saturated rings. The maximum Gasteiger partial charge on any atom is 0.255 e. The largest absolute Gasteiger partial charge is 0.488 e. The zero-order chi connectivity index (χ0) is 16.4. The van der Waals surface area contributed by atoms with Gasteiger partial charge in [-0.05, 0) is 42.5 Å². The number of hydrogen-bond donors (Lipinski definition) is 1. The molecule has 23 heavy (non-hydrogen) atoms. The summed E-state index contributed by atoms with van der Waals surface area (Å²) in [6, 6.07) is 11.9. The SMILES string of the molecule is N#Cc1ccc(NC(=O)C2=Cc3cc(Cl)ccc3OC2)cc1Cl. The lowest BCUT2D eigenvalue weighted by atomic mass is 10.1. The van der Waals surface area contributed by atoms with Crippen molar-refractivity contribution in [2.24, 2.45) is 0 Å². The minimum atomic E-state index is -0.295. The summed E-state index contributed by atoms with van der Waals surface area (Å²) >= 11 is 11.9. The van der Waals surface area contributed by atoms with Gasteiger partial charge in [0, 0.05) is 16.3 Å². The third-order valence-corrected chi connectivity index (χ3v) is 3.87. The molecule has 0 bridgehead atoms. The van der Waals surface area contributed by atoms with Gasteiger partial charge in [0.05, 0.1) is 16.2 Å². The van der Waals surface area contributed by atoms with Gasteiger partial charge in [0.25, 0.3) is 5.91 Å². The van der Waals surface area contributed by atoms with E-state index in [9.17, 15) is 4.79 Å². The quantitative estimate of drug-likeness (QED) is 0.884. The number of anilines is 1. The van der Waals surface area contributed by atoms with E-state index in [1.54, 1.807) is 36.4 Å². The van der Waals surface area contributed by atoms with Crippen molar-refractivity contribution >= 4 is 40.9 Å². The number of nitriles is 1. The molecule has 2 aromatic rings. The van der Waals surface area contributed by atoms with Crippen LogP contribution in [0.15, 0.2) is 42.0 Å². The molecule has 0 aliphatic carbocycles. The van der Waals surface area contributed by atoms with Gasteiger partial charge in [-0.2, -0.15) is 5.26 Å². The van der Waals surface area contributed by atoms with Crippen molar-refractivity contribution in [3.8, 4) is 11.8 Å². The van der Waals surface area contributed by atoms with E-state index in [2.05, 4.69) is 5.32 Å². The first kappa shape index (κ1) is 15.4. The van der Waals surface area contributed by atoms with Crippen LogP contribution in [0.1, 0.15) is 11.1 Å². The van der Waals surface area contributed by atoms with E-state index in [4.69, 9.17) is 33.2 Å². The standard InChI is InChI=1S/C17H10Cl2N2O2/c18-13-2-4-16-11(6-13)5-12(9-23-16)17(22)21-14-3-1-10(8-20)15(19)7-14/h1-7H,9H2,(H,21,22). The van der Waals surface area contributed by atoms with Gasteiger partial charge in [-0.1, -0.05) is 23.2 Å². The second-order valence-corrected chi connectivity index (χ2v) is 5.74. The number of benzene rings is 2. The first-order valence-corrected chi connectivity index (χ1v) is 7.46. The lowest BCUT2D eigenvalue weighted by Gasteiger charge is -2.18. The number of halogens is 2. The maximum atomic E-state index is 12.3. The highest BCUT2D eigenvalue weighted by atomic mass is 35.5. The summed E-state index contributed by atoms with van der Waals surface area (Å²) in [5, 5.41) is 12.4. The predicted octanol–water partition coefficient (Wildman–Crippen LogP) is 4.28. The van der Waals surface area contributed by atoms with Crippen LogP contribution in [0, 0.1) is 11.3 Å². The molecule has 0 unspecified atom stereocenters. The number of carbonyl (C=O) groups is 1. The molecule has 0 aromatic heterocycles. The lowest BCUT2D eigenvalue weighted by molar-refractivity contribution is -0.113. The second kappa shape index (κ2) is 6.33. The Labute approximate surface area is 142 Å². The minimum absolute atomic E-state index is 0.171. The smallest absolute Gasteiger partial charge is 0.255 e. The normalized spacial score (nSPS) is 12.5. The zero-order valence-electron chi connectivity index (χ0n) is 11.8. The van der Waals surface area contributed by atoms with Gasteiger partial charge < -0.3 is 10.1 Å². The number of carbonyl (C=O) groups excluding carboxylic acids is 1. The Kier molecular flexibility index (Phi) is 4.24. The molecule has 0 spiro atoms. The number of fused-ring (bicyclic) bond motifs is 1. The minimum Gasteiger partial charge on any atom is -0.488 e. The highest BCUT2D eigenvalue weighted by Gasteiger charge is 2.18. The Bertz CT molecular complexity index is 869. The topological polar surface area (TPSA) is 62.1 Å². The molecule has 1 aliphatic rings. The summed E-state index contributed by atoms with van der Waals surface area (Å²) in [6.45, 7) is 0.171. The number of amides is 1. The molecule has 1 heterocycles. The van der Waals surface area contributed by atoms with Crippen LogP contribution in [-0.2, 0) is 4.79 Å². The van der Waals surface area contributed by atoms with Crippen LogP contribution in [0.25, 0.3) is 6.08 Å². The Balaban J connectivity index is 1.82. The Morgan fingerprint density at radius 3 is 2.78 bits per heavy atom. The molecule has 3 rings (SSSR count). The van der Waals surface area contributed by atoms with Crippen molar-refractivity contribution in [2.45, 2.75) is 0 Å².